The highest BCUT2D eigenvalue weighted by molar-refractivity contribution is 7.92. The van der Waals surface area contributed by atoms with Gasteiger partial charge >= 0.3 is 5.69 Å². The van der Waals surface area contributed by atoms with Crippen molar-refractivity contribution in [2.45, 2.75) is 17.7 Å². The van der Waals surface area contributed by atoms with Gasteiger partial charge in [0.25, 0.3) is 0 Å². The number of hydrogen-bond donors (Lipinski definition) is 1. The predicted octanol–water partition coefficient (Wildman–Crippen LogP) is 2.98. The van der Waals surface area contributed by atoms with E-state index < -0.39 is 14.8 Å². The maximum Gasteiger partial charge on any atom is 0.304 e. The molecule has 8 heteroatoms. The maximum absolute atomic E-state index is 11.5. The second-order valence-electron chi connectivity index (χ2n) is 4.65. The molecular weight excluding hydrogens is 312 g/mol. The van der Waals surface area contributed by atoms with Crippen LogP contribution in [0.25, 0.3) is 0 Å². The molecule has 0 saturated carbocycles. The smallest absolute Gasteiger partial charge is 0.304 e. The van der Waals surface area contributed by atoms with Crippen molar-refractivity contribution in [3.05, 3.63) is 51.6 Å². The molecule has 0 unspecified atom stereocenters. The van der Waals surface area contributed by atoms with Crippen LogP contribution in [0.5, 0.6) is 0 Å². The second kappa shape index (κ2) is 5.82. The van der Waals surface area contributed by atoms with Crippen LogP contribution < -0.4 is 5.32 Å². The molecule has 1 N–H and O–H groups in total. The Kier molecular flexibility index (Phi) is 4.29. The van der Waals surface area contributed by atoms with Gasteiger partial charge in [0.2, 0.25) is 0 Å². The summed E-state index contributed by atoms with van der Waals surface area (Å²) in [7, 11) is -3.45. The van der Waals surface area contributed by atoms with Gasteiger partial charge in [0, 0.05) is 18.9 Å². The summed E-state index contributed by atoms with van der Waals surface area (Å²) in [5.74, 6) is 0. The van der Waals surface area contributed by atoms with Crippen LogP contribution in [0, 0.1) is 17.0 Å². The van der Waals surface area contributed by atoms with Crippen LogP contribution >= 0.6 is 11.3 Å². The van der Waals surface area contributed by atoms with Crippen molar-refractivity contribution >= 4 is 31.9 Å². The first kappa shape index (κ1) is 15.5. The summed E-state index contributed by atoms with van der Waals surface area (Å²) in [5, 5.41) is 14.2. The van der Waals surface area contributed by atoms with Crippen LogP contribution in [-0.4, -0.2) is 19.6 Å². The molecule has 0 amide bonds. The Morgan fingerprint density at radius 3 is 2.43 bits per heavy atom. The number of rotatable bonds is 5. The monoisotopic (exact) mass is 326 g/mol. The summed E-state index contributed by atoms with van der Waals surface area (Å²) in [6.45, 7) is 2.37. The number of nitrogens with one attached hydrogen (secondary N) is 1. The zero-order chi connectivity index (χ0) is 15.6. The highest BCUT2D eigenvalue weighted by Gasteiger charge is 2.23. The Bertz CT molecular complexity index is 764. The molecule has 0 aliphatic heterocycles. The van der Waals surface area contributed by atoms with Gasteiger partial charge in [-0.1, -0.05) is 41.2 Å². The van der Waals surface area contributed by atoms with Crippen LogP contribution in [0.4, 0.5) is 10.7 Å². The Morgan fingerprint density at radius 1 is 1.29 bits per heavy atom. The van der Waals surface area contributed by atoms with Gasteiger partial charge in [-0.15, -0.1) is 0 Å². The van der Waals surface area contributed by atoms with E-state index in [1.165, 1.54) is 0 Å². The molecule has 112 valence electrons. The molecule has 0 atom stereocenters. The first-order valence-corrected chi connectivity index (χ1v) is 8.76. The van der Waals surface area contributed by atoms with Gasteiger partial charge < -0.3 is 5.32 Å². The summed E-state index contributed by atoms with van der Waals surface area (Å²) in [6.07, 6.45) is 1.03. The minimum absolute atomic E-state index is 0.0133. The van der Waals surface area contributed by atoms with Crippen molar-refractivity contribution in [1.82, 2.24) is 0 Å². The number of thiophene rings is 1. The lowest BCUT2D eigenvalue weighted by Gasteiger charge is -2.04. The second-order valence-corrected chi connectivity index (χ2v) is 7.94. The van der Waals surface area contributed by atoms with Crippen LogP contribution in [0.3, 0.4) is 0 Å². The minimum Gasteiger partial charge on any atom is -0.367 e. The molecule has 0 bridgehead atoms. The first-order chi connectivity index (χ1) is 9.77. The lowest BCUT2D eigenvalue weighted by molar-refractivity contribution is -0.383. The van der Waals surface area contributed by atoms with Crippen molar-refractivity contribution in [1.29, 1.82) is 0 Å². The van der Waals surface area contributed by atoms with Crippen LogP contribution in [0.2, 0.25) is 0 Å². The van der Waals surface area contributed by atoms with Gasteiger partial charge in [0.15, 0.2) is 14.8 Å². The topological polar surface area (TPSA) is 89.3 Å². The number of hydrogen-bond acceptors (Lipinski definition) is 6. The number of aryl methyl sites for hydroxylation is 1. The van der Waals surface area contributed by atoms with Crippen LogP contribution in [-0.2, 0) is 16.4 Å². The molecule has 1 heterocycles. The summed E-state index contributed by atoms with van der Waals surface area (Å²) in [6, 6.07) is 8.82. The summed E-state index contributed by atoms with van der Waals surface area (Å²) >= 11 is 0.876. The Hall–Kier alpha value is -1.93. The number of nitrogens with zero attached hydrogens (tertiary/aromatic N) is 1. The number of benzene rings is 1. The van der Waals surface area contributed by atoms with E-state index in [0.717, 1.165) is 34.8 Å². The zero-order valence-electron chi connectivity index (χ0n) is 11.5. The van der Waals surface area contributed by atoms with Crippen molar-refractivity contribution in [3.8, 4) is 0 Å². The van der Waals surface area contributed by atoms with Gasteiger partial charge in [0.05, 0.1) is 4.92 Å². The number of sulfone groups is 1. The van der Waals surface area contributed by atoms with Gasteiger partial charge in [0.1, 0.15) is 4.21 Å². The Morgan fingerprint density at radius 2 is 1.90 bits per heavy atom. The van der Waals surface area contributed by atoms with E-state index in [9.17, 15) is 18.5 Å². The summed E-state index contributed by atoms with van der Waals surface area (Å²) < 4.78 is 23.0. The number of anilines is 1. The molecule has 1 aromatic carbocycles. The predicted molar refractivity (Wildman–Crippen MR) is 82.6 cm³/mol. The van der Waals surface area contributed by atoms with E-state index in [1.54, 1.807) is 0 Å². The average Bonchev–Trinajstić information content (AvgIpc) is 2.82. The fourth-order valence-electron chi connectivity index (χ4n) is 1.69. The van der Waals surface area contributed by atoms with E-state index in [0.29, 0.717) is 6.54 Å². The third kappa shape index (κ3) is 3.79. The molecule has 1 aromatic heterocycles. The molecule has 0 spiro atoms. The van der Waals surface area contributed by atoms with E-state index in [4.69, 9.17) is 0 Å². The third-order valence-electron chi connectivity index (χ3n) is 2.83. The van der Waals surface area contributed by atoms with Crippen LogP contribution in [0.15, 0.2) is 34.5 Å². The molecular formula is C13H14N2O4S2. The zero-order valence-corrected chi connectivity index (χ0v) is 13.1. The molecule has 0 saturated heterocycles. The van der Waals surface area contributed by atoms with E-state index in [-0.39, 0.29) is 14.9 Å². The highest BCUT2D eigenvalue weighted by atomic mass is 32.2. The van der Waals surface area contributed by atoms with Crippen LogP contribution in [0.1, 0.15) is 11.1 Å². The highest BCUT2D eigenvalue weighted by Crippen LogP contribution is 2.37. The molecule has 2 aromatic rings. The molecule has 21 heavy (non-hydrogen) atoms. The Balaban J connectivity index is 2.24. The molecule has 0 aliphatic carbocycles. The normalized spacial score (nSPS) is 11.3. The van der Waals surface area contributed by atoms with Crippen molar-refractivity contribution in [2.75, 3.05) is 11.6 Å². The maximum atomic E-state index is 11.5. The van der Waals surface area contributed by atoms with Crippen molar-refractivity contribution < 1.29 is 13.3 Å². The first-order valence-electron chi connectivity index (χ1n) is 6.05. The van der Waals surface area contributed by atoms with E-state index in [2.05, 4.69) is 5.32 Å². The van der Waals surface area contributed by atoms with Gasteiger partial charge in [-0.05, 0) is 12.5 Å². The average molecular weight is 326 g/mol. The SMILES string of the molecule is Cc1ccc(CNc2sc(S(C)(=O)=O)cc2[N+](=O)[O-])cc1. The molecule has 2 rings (SSSR count). The summed E-state index contributed by atoms with van der Waals surface area (Å²) in [5.41, 5.74) is 1.87. The quantitative estimate of drug-likeness (QED) is 0.674. The molecule has 0 radical (unpaired) electrons. The molecule has 0 fully saturated rings. The lowest BCUT2D eigenvalue weighted by Crippen LogP contribution is -1.99. The van der Waals surface area contributed by atoms with E-state index >= 15 is 0 Å². The minimum atomic E-state index is -3.45. The van der Waals surface area contributed by atoms with Gasteiger partial charge in [-0.2, -0.15) is 0 Å². The van der Waals surface area contributed by atoms with Gasteiger partial charge in [-0.3, -0.25) is 10.1 Å². The van der Waals surface area contributed by atoms with Gasteiger partial charge in [-0.25, -0.2) is 8.42 Å². The standard InChI is InChI=1S/C13H14N2O4S2/c1-9-3-5-10(6-4-9)8-14-13-11(15(16)17)7-12(20-13)21(2,18)19/h3-7,14H,8H2,1-2H3. The summed E-state index contributed by atoms with van der Waals surface area (Å²) in [4.78, 5) is 10.4. The fourth-order valence-corrected chi connectivity index (χ4v) is 3.63. The molecule has 0 aliphatic rings. The largest absolute Gasteiger partial charge is 0.367 e. The van der Waals surface area contributed by atoms with E-state index in [1.807, 2.05) is 31.2 Å². The lowest BCUT2D eigenvalue weighted by atomic mass is 10.1. The molecule has 6 nitrogen and oxygen atoms in total. The Labute approximate surface area is 126 Å². The van der Waals surface area contributed by atoms with Crippen molar-refractivity contribution in [2.24, 2.45) is 0 Å². The van der Waals surface area contributed by atoms with Crippen molar-refractivity contribution in [3.63, 3.8) is 0 Å². The number of nitro groups is 1. The third-order valence-corrected chi connectivity index (χ3v) is 5.71. The fraction of sp³-hybridized carbons (Fsp3) is 0.231.